The lowest BCUT2D eigenvalue weighted by molar-refractivity contribution is -0.124. The van der Waals surface area contributed by atoms with Crippen LogP contribution in [0.15, 0.2) is 35.6 Å². The number of halogens is 1. The Hall–Kier alpha value is -1.61. The van der Waals surface area contributed by atoms with Gasteiger partial charge in [-0.05, 0) is 24.5 Å². The van der Waals surface area contributed by atoms with Gasteiger partial charge in [-0.25, -0.2) is 0 Å². The first kappa shape index (κ1) is 12.8. The van der Waals surface area contributed by atoms with Gasteiger partial charge in [0.15, 0.2) is 11.6 Å². The van der Waals surface area contributed by atoms with E-state index in [9.17, 15) is 14.7 Å². The molecule has 1 aromatic carbocycles. The van der Waals surface area contributed by atoms with Crippen molar-refractivity contribution in [2.75, 3.05) is 0 Å². The van der Waals surface area contributed by atoms with Gasteiger partial charge in [0.1, 0.15) is 5.76 Å². The van der Waals surface area contributed by atoms with Gasteiger partial charge in [0.05, 0.1) is 5.57 Å². The maximum Gasteiger partial charge on any atom is 0.170 e. The Bertz CT molecular complexity index is 522. The Morgan fingerprint density at radius 1 is 1.22 bits per heavy atom. The summed E-state index contributed by atoms with van der Waals surface area (Å²) in [6, 6.07) is 7.21. The molecule has 0 amide bonds. The van der Waals surface area contributed by atoms with Gasteiger partial charge < -0.3 is 5.11 Å². The first-order valence-electron chi connectivity index (χ1n) is 5.71. The highest BCUT2D eigenvalue weighted by Gasteiger charge is 2.33. The molecule has 2 rings (SSSR count). The van der Waals surface area contributed by atoms with Crippen LogP contribution >= 0.6 is 11.6 Å². The maximum absolute atomic E-state index is 11.9. The van der Waals surface area contributed by atoms with Crippen molar-refractivity contribution in [3.8, 4) is 0 Å². The quantitative estimate of drug-likeness (QED) is 0.481. The molecule has 0 unspecified atom stereocenters. The molecule has 0 radical (unpaired) electrons. The second-order valence-electron chi connectivity index (χ2n) is 4.43. The van der Waals surface area contributed by atoms with E-state index in [1.807, 2.05) is 18.2 Å². The second-order valence-corrected chi connectivity index (χ2v) is 4.84. The number of allylic oxidation sites excluding steroid dienone is 2. The lowest BCUT2D eigenvalue weighted by Crippen LogP contribution is -2.26. The lowest BCUT2D eigenvalue weighted by Gasteiger charge is -2.23. The van der Waals surface area contributed by atoms with Crippen LogP contribution in [-0.2, 0) is 9.59 Å². The van der Waals surface area contributed by atoms with Crippen LogP contribution in [0.25, 0.3) is 0 Å². The summed E-state index contributed by atoms with van der Waals surface area (Å²) in [6.07, 6.45) is 0.422. The molecule has 1 aromatic rings. The summed E-state index contributed by atoms with van der Waals surface area (Å²) in [7, 11) is 0. The van der Waals surface area contributed by atoms with Gasteiger partial charge in [-0.2, -0.15) is 0 Å². The van der Waals surface area contributed by atoms with Gasteiger partial charge in [-0.3, -0.25) is 9.59 Å². The van der Waals surface area contributed by atoms with Crippen LogP contribution in [0.2, 0.25) is 5.02 Å². The van der Waals surface area contributed by atoms with E-state index in [-0.39, 0.29) is 41.7 Å². The zero-order valence-electron chi connectivity index (χ0n) is 9.94. The molecular weight excluding hydrogens is 252 g/mol. The van der Waals surface area contributed by atoms with Gasteiger partial charge in [0, 0.05) is 17.9 Å². The number of benzene rings is 1. The summed E-state index contributed by atoms with van der Waals surface area (Å²) in [5, 5.41) is 9.91. The molecule has 1 N–H and O–H groups in total. The third-order valence-corrected chi connectivity index (χ3v) is 3.47. The summed E-state index contributed by atoms with van der Waals surface area (Å²) >= 11 is 6.07. The number of hydrogen-bond acceptors (Lipinski definition) is 3. The Labute approximate surface area is 110 Å². The molecule has 0 saturated heterocycles. The van der Waals surface area contributed by atoms with Gasteiger partial charge in [-0.1, -0.05) is 29.8 Å². The summed E-state index contributed by atoms with van der Waals surface area (Å²) in [6.45, 7) is 1.36. The molecule has 0 bridgehead atoms. The van der Waals surface area contributed by atoms with Crippen molar-refractivity contribution in [2.24, 2.45) is 0 Å². The molecule has 1 aliphatic rings. The Morgan fingerprint density at radius 3 is 2.28 bits per heavy atom. The zero-order chi connectivity index (χ0) is 13.3. The van der Waals surface area contributed by atoms with E-state index < -0.39 is 0 Å². The molecule has 1 saturated carbocycles. The molecule has 4 heteroatoms. The fourth-order valence-electron chi connectivity index (χ4n) is 2.31. The largest absolute Gasteiger partial charge is 0.512 e. The summed E-state index contributed by atoms with van der Waals surface area (Å²) in [5.41, 5.74) is 0.758. The van der Waals surface area contributed by atoms with E-state index >= 15 is 0 Å². The molecule has 94 valence electrons. The third kappa shape index (κ3) is 2.31. The average Bonchev–Trinajstić information content (AvgIpc) is 2.27. The fraction of sp³-hybridized carbons (Fsp3) is 0.286. The van der Waals surface area contributed by atoms with Gasteiger partial charge in [-0.15, -0.1) is 0 Å². The minimum absolute atomic E-state index is 0.0571. The van der Waals surface area contributed by atoms with Crippen LogP contribution in [0.1, 0.15) is 31.2 Å². The summed E-state index contributed by atoms with van der Waals surface area (Å²) < 4.78 is 0. The first-order valence-corrected chi connectivity index (χ1v) is 6.09. The normalized spacial score (nSPS) is 20.1. The number of aliphatic hydroxyl groups excluding tert-OH is 1. The van der Waals surface area contributed by atoms with Gasteiger partial charge in [0.25, 0.3) is 0 Å². The van der Waals surface area contributed by atoms with E-state index in [2.05, 4.69) is 0 Å². The molecular formula is C14H13ClO3. The first-order chi connectivity index (χ1) is 8.50. The molecule has 0 spiro atoms. The number of carbonyl (C=O) groups is 2. The lowest BCUT2D eigenvalue weighted by atomic mass is 9.79. The van der Waals surface area contributed by atoms with E-state index in [4.69, 9.17) is 11.6 Å². The SMILES string of the molecule is CC(O)=C1C(=O)CC(c2ccccc2Cl)CC1=O. The molecule has 18 heavy (non-hydrogen) atoms. The molecule has 0 atom stereocenters. The van der Waals surface area contributed by atoms with E-state index in [0.717, 1.165) is 5.56 Å². The number of ketones is 2. The minimum Gasteiger partial charge on any atom is -0.512 e. The maximum atomic E-state index is 11.9. The van der Waals surface area contributed by atoms with Crippen molar-refractivity contribution in [3.05, 3.63) is 46.2 Å². The van der Waals surface area contributed by atoms with Crippen LogP contribution < -0.4 is 0 Å². The highest BCUT2D eigenvalue weighted by molar-refractivity contribution is 6.31. The zero-order valence-corrected chi connectivity index (χ0v) is 10.7. The summed E-state index contributed by atoms with van der Waals surface area (Å²) in [5.74, 6) is -1.00. The Balaban J connectivity index is 2.32. The van der Waals surface area contributed by atoms with E-state index in [1.165, 1.54) is 6.92 Å². The smallest absolute Gasteiger partial charge is 0.170 e. The van der Waals surface area contributed by atoms with Crippen molar-refractivity contribution in [3.63, 3.8) is 0 Å². The van der Waals surface area contributed by atoms with Crippen molar-refractivity contribution in [1.29, 1.82) is 0 Å². The minimum atomic E-state index is -0.309. The highest BCUT2D eigenvalue weighted by atomic mass is 35.5. The standard InChI is InChI=1S/C14H13ClO3/c1-8(16)14-12(17)6-9(7-13(14)18)10-4-2-3-5-11(10)15/h2-5,9,16H,6-7H2,1H3. The van der Waals surface area contributed by atoms with Crippen LogP contribution in [0.3, 0.4) is 0 Å². The number of rotatable bonds is 1. The van der Waals surface area contributed by atoms with Gasteiger partial charge >= 0.3 is 0 Å². The number of carbonyl (C=O) groups excluding carboxylic acids is 2. The predicted molar refractivity (Wildman–Crippen MR) is 68.8 cm³/mol. The molecule has 3 nitrogen and oxygen atoms in total. The number of aliphatic hydroxyl groups is 1. The number of Topliss-reactive ketones (excluding diaryl/α,β-unsaturated/α-hetero) is 2. The van der Waals surface area contributed by atoms with Crippen LogP contribution in [0.4, 0.5) is 0 Å². The van der Waals surface area contributed by atoms with E-state index in [1.54, 1.807) is 6.07 Å². The molecule has 1 aliphatic carbocycles. The van der Waals surface area contributed by atoms with Crippen LogP contribution in [0.5, 0.6) is 0 Å². The van der Waals surface area contributed by atoms with Gasteiger partial charge in [0.2, 0.25) is 0 Å². The van der Waals surface area contributed by atoms with Crippen LogP contribution in [0, 0.1) is 0 Å². The molecule has 0 aromatic heterocycles. The third-order valence-electron chi connectivity index (χ3n) is 3.13. The molecule has 1 fully saturated rings. The summed E-state index contributed by atoms with van der Waals surface area (Å²) in [4.78, 5) is 23.7. The predicted octanol–water partition coefficient (Wildman–Crippen LogP) is 3.19. The van der Waals surface area contributed by atoms with Crippen molar-refractivity contribution in [2.45, 2.75) is 25.7 Å². The molecule has 0 aliphatic heterocycles. The number of hydrogen-bond donors (Lipinski definition) is 1. The fourth-order valence-corrected chi connectivity index (χ4v) is 2.60. The highest BCUT2D eigenvalue weighted by Crippen LogP contribution is 2.35. The molecule has 0 heterocycles. The second kappa shape index (κ2) is 4.94. The van der Waals surface area contributed by atoms with Crippen LogP contribution in [-0.4, -0.2) is 16.7 Å². The Kier molecular flexibility index (Phi) is 3.53. The Morgan fingerprint density at radius 2 is 1.78 bits per heavy atom. The van der Waals surface area contributed by atoms with E-state index in [0.29, 0.717) is 5.02 Å². The average molecular weight is 265 g/mol. The topological polar surface area (TPSA) is 54.4 Å². The monoisotopic (exact) mass is 264 g/mol. The van der Waals surface area contributed by atoms with Crippen molar-refractivity contribution >= 4 is 23.2 Å². The van der Waals surface area contributed by atoms with Crippen molar-refractivity contribution < 1.29 is 14.7 Å². The van der Waals surface area contributed by atoms with Crippen molar-refractivity contribution in [1.82, 2.24) is 0 Å².